The van der Waals surface area contributed by atoms with Gasteiger partial charge in [0.25, 0.3) is 0 Å². The summed E-state index contributed by atoms with van der Waals surface area (Å²) in [5, 5.41) is 16.6. The van der Waals surface area contributed by atoms with E-state index in [1.807, 2.05) is 0 Å². The fourth-order valence-corrected chi connectivity index (χ4v) is 1.72. The van der Waals surface area contributed by atoms with Gasteiger partial charge in [-0.15, -0.1) is 12.4 Å². The zero-order valence-corrected chi connectivity index (χ0v) is 10.7. The van der Waals surface area contributed by atoms with Crippen LogP contribution < -0.4 is 10.5 Å². The van der Waals surface area contributed by atoms with Gasteiger partial charge in [0.1, 0.15) is 11.9 Å². The average Bonchev–Trinajstić information content (AvgIpc) is 2.14. The Morgan fingerprint density at radius 3 is 2.59 bits per heavy atom. The van der Waals surface area contributed by atoms with E-state index in [4.69, 9.17) is 11.1 Å². The molecule has 0 saturated heterocycles. The lowest BCUT2D eigenvalue weighted by atomic mass is 10.1. The van der Waals surface area contributed by atoms with Crippen LogP contribution in [0.3, 0.4) is 0 Å². The summed E-state index contributed by atoms with van der Waals surface area (Å²) in [6.07, 6.45) is -0.192. The molecule has 0 amide bonds. The summed E-state index contributed by atoms with van der Waals surface area (Å²) in [6, 6.07) is 6.08. The third-order valence-electron chi connectivity index (χ3n) is 1.80. The van der Waals surface area contributed by atoms with Crippen LogP contribution in [0.5, 0.6) is 0 Å². The van der Waals surface area contributed by atoms with Crippen molar-refractivity contribution >= 4 is 34.0 Å². The number of nitrogens with two attached hydrogens (primary N) is 1. The van der Waals surface area contributed by atoms with Crippen LogP contribution in [0.2, 0.25) is 0 Å². The fourth-order valence-electron chi connectivity index (χ4n) is 1.17. The largest absolute Gasteiger partial charge is 0.385 e. The summed E-state index contributed by atoms with van der Waals surface area (Å²) >= 11 is 0. The van der Waals surface area contributed by atoms with Crippen molar-refractivity contribution < 1.29 is 13.5 Å². The van der Waals surface area contributed by atoms with Crippen LogP contribution in [0.15, 0.2) is 24.3 Å². The number of benzene rings is 1. The number of nitrogens with one attached hydrogen (secondary N) is 2. The summed E-state index contributed by atoms with van der Waals surface area (Å²) < 4.78 is 24.2. The van der Waals surface area contributed by atoms with Crippen molar-refractivity contribution in [1.82, 2.24) is 0 Å². The van der Waals surface area contributed by atoms with Crippen LogP contribution in [0.25, 0.3) is 0 Å². The van der Waals surface area contributed by atoms with Gasteiger partial charge in [-0.05, 0) is 17.7 Å². The van der Waals surface area contributed by atoms with Crippen LogP contribution >= 0.6 is 12.4 Å². The predicted octanol–water partition coefficient (Wildman–Crippen LogP) is 0.449. The highest BCUT2D eigenvalue weighted by Crippen LogP contribution is 2.17. The van der Waals surface area contributed by atoms with Crippen molar-refractivity contribution in [3.05, 3.63) is 29.8 Å². The second-order valence-corrected chi connectivity index (χ2v) is 5.11. The maximum atomic E-state index is 11.0. The molecule has 1 rings (SSSR count). The van der Waals surface area contributed by atoms with Crippen molar-refractivity contribution in [2.24, 2.45) is 5.73 Å². The first kappa shape index (κ1) is 15.7. The van der Waals surface area contributed by atoms with E-state index in [9.17, 15) is 13.5 Å². The molecule has 0 bridgehead atoms. The van der Waals surface area contributed by atoms with Gasteiger partial charge >= 0.3 is 0 Å². The minimum absolute atomic E-state index is 0. The molecule has 0 fully saturated rings. The van der Waals surface area contributed by atoms with E-state index in [1.165, 1.54) is 12.1 Å². The first-order valence-corrected chi connectivity index (χ1v) is 6.28. The third kappa shape index (κ3) is 5.03. The summed E-state index contributed by atoms with van der Waals surface area (Å²) in [5.74, 6) is -0.392. The van der Waals surface area contributed by atoms with Gasteiger partial charge in [-0.25, -0.2) is 8.42 Å². The average molecular weight is 280 g/mol. The lowest BCUT2D eigenvalue weighted by Gasteiger charge is -2.11. The molecule has 1 unspecified atom stereocenters. The standard InChI is InChI=1S/C9H13N3O3S.ClH/c1-16(14,15)12-7-4-2-3-6(5-7)8(13)9(10)11;/h2-5,8,12-13H,1H3,(H3,10,11);1H. The monoisotopic (exact) mass is 279 g/mol. The second-order valence-electron chi connectivity index (χ2n) is 3.36. The minimum atomic E-state index is -3.36. The first-order valence-electron chi connectivity index (χ1n) is 4.39. The number of amidine groups is 1. The van der Waals surface area contributed by atoms with Gasteiger partial charge in [0.15, 0.2) is 0 Å². The molecular weight excluding hydrogens is 266 g/mol. The predicted molar refractivity (Wildman–Crippen MR) is 69.0 cm³/mol. The Bertz CT molecular complexity index is 504. The Labute approximate surface area is 106 Å². The molecule has 0 aliphatic rings. The molecule has 17 heavy (non-hydrogen) atoms. The van der Waals surface area contributed by atoms with Crippen LogP contribution in [-0.4, -0.2) is 25.6 Å². The smallest absolute Gasteiger partial charge is 0.229 e. The number of aliphatic hydroxyl groups excluding tert-OH is 1. The number of hydrogen-bond donors (Lipinski definition) is 4. The minimum Gasteiger partial charge on any atom is -0.385 e. The molecule has 6 nitrogen and oxygen atoms in total. The van der Waals surface area contributed by atoms with E-state index in [0.29, 0.717) is 11.3 Å². The van der Waals surface area contributed by atoms with E-state index in [1.54, 1.807) is 12.1 Å². The Kier molecular flexibility index (Phi) is 5.40. The van der Waals surface area contributed by atoms with E-state index >= 15 is 0 Å². The van der Waals surface area contributed by atoms with Gasteiger partial charge in [0.05, 0.1) is 6.26 Å². The number of sulfonamides is 1. The molecule has 0 aliphatic carbocycles. The number of halogens is 1. The number of aliphatic hydroxyl groups is 1. The molecular formula is C9H14ClN3O3S. The normalized spacial score (nSPS) is 12.4. The SMILES string of the molecule is CS(=O)(=O)Nc1cccc(C(O)C(=N)N)c1.Cl. The molecule has 0 aliphatic heterocycles. The van der Waals surface area contributed by atoms with Crippen molar-refractivity contribution in [1.29, 1.82) is 5.41 Å². The highest BCUT2D eigenvalue weighted by atomic mass is 35.5. The second kappa shape index (κ2) is 5.85. The number of anilines is 1. The molecule has 1 aromatic rings. The third-order valence-corrected chi connectivity index (χ3v) is 2.41. The topological polar surface area (TPSA) is 116 Å². The Morgan fingerprint density at radius 2 is 2.12 bits per heavy atom. The molecule has 0 radical (unpaired) electrons. The van der Waals surface area contributed by atoms with Crippen molar-refractivity contribution in [3.63, 3.8) is 0 Å². The summed E-state index contributed by atoms with van der Waals surface area (Å²) in [6.45, 7) is 0. The van der Waals surface area contributed by atoms with Crippen LogP contribution in [0, 0.1) is 5.41 Å². The Morgan fingerprint density at radius 1 is 1.53 bits per heavy atom. The molecule has 0 saturated carbocycles. The first-order chi connectivity index (χ1) is 7.29. The van der Waals surface area contributed by atoms with Crippen LogP contribution in [-0.2, 0) is 10.0 Å². The highest BCUT2D eigenvalue weighted by Gasteiger charge is 2.11. The summed E-state index contributed by atoms with van der Waals surface area (Å²) in [7, 11) is -3.36. The Balaban J connectivity index is 0.00000256. The summed E-state index contributed by atoms with van der Waals surface area (Å²) in [4.78, 5) is 0. The van der Waals surface area contributed by atoms with Crippen molar-refractivity contribution in [2.45, 2.75) is 6.10 Å². The molecule has 0 aromatic heterocycles. The van der Waals surface area contributed by atoms with Gasteiger partial charge in [-0.2, -0.15) is 0 Å². The maximum absolute atomic E-state index is 11.0. The number of hydrogen-bond acceptors (Lipinski definition) is 4. The van der Waals surface area contributed by atoms with Gasteiger partial charge in [-0.3, -0.25) is 10.1 Å². The molecule has 96 valence electrons. The quantitative estimate of drug-likeness (QED) is 0.473. The maximum Gasteiger partial charge on any atom is 0.229 e. The summed E-state index contributed by atoms with van der Waals surface area (Å²) in [5.41, 5.74) is 5.82. The molecule has 8 heteroatoms. The molecule has 0 spiro atoms. The van der Waals surface area contributed by atoms with E-state index in [-0.39, 0.29) is 12.4 Å². The van der Waals surface area contributed by atoms with Crippen LogP contribution in [0.4, 0.5) is 5.69 Å². The zero-order chi connectivity index (χ0) is 12.3. The van der Waals surface area contributed by atoms with E-state index in [2.05, 4.69) is 4.72 Å². The molecule has 0 heterocycles. The lowest BCUT2D eigenvalue weighted by molar-refractivity contribution is 0.245. The zero-order valence-electron chi connectivity index (χ0n) is 9.04. The molecule has 1 aromatic carbocycles. The van der Waals surface area contributed by atoms with E-state index < -0.39 is 22.0 Å². The number of rotatable bonds is 4. The van der Waals surface area contributed by atoms with Crippen molar-refractivity contribution in [2.75, 3.05) is 11.0 Å². The fraction of sp³-hybridized carbons (Fsp3) is 0.222. The van der Waals surface area contributed by atoms with Gasteiger partial charge < -0.3 is 10.8 Å². The molecule has 5 N–H and O–H groups in total. The van der Waals surface area contributed by atoms with Crippen molar-refractivity contribution in [3.8, 4) is 0 Å². The molecule has 1 atom stereocenters. The van der Waals surface area contributed by atoms with Gasteiger partial charge in [0.2, 0.25) is 10.0 Å². The Hall–Kier alpha value is -1.31. The van der Waals surface area contributed by atoms with Gasteiger partial charge in [-0.1, -0.05) is 12.1 Å². The van der Waals surface area contributed by atoms with E-state index in [0.717, 1.165) is 6.26 Å². The van der Waals surface area contributed by atoms with Gasteiger partial charge in [0, 0.05) is 5.69 Å². The van der Waals surface area contributed by atoms with Crippen LogP contribution in [0.1, 0.15) is 11.7 Å². The lowest BCUT2D eigenvalue weighted by Crippen LogP contribution is -2.20. The highest BCUT2D eigenvalue weighted by molar-refractivity contribution is 7.92.